The Morgan fingerprint density at radius 2 is 1.05 bits per heavy atom. The number of hydrogen-bond donors (Lipinski definition) is 0. The zero-order valence-electron chi connectivity index (χ0n) is 25.8. The van der Waals surface area contributed by atoms with Gasteiger partial charge in [-0.3, -0.25) is 9.59 Å². The van der Waals surface area contributed by atoms with Crippen LogP contribution >= 0.6 is 0 Å². The van der Waals surface area contributed by atoms with Gasteiger partial charge in [-0.05, 0) is 93.8 Å². The summed E-state index contributed by atoms with van der Waals surface area (Å²) in [6.07, 6.45) is 13.1. The monoisotopic (exact) mass is 536 g/mol. The van der Waals surface area contributed by atoms with Crippen molar-refractivity contribution in [1.29, 1.82) is 0 Å². The SMILES string of the molecule is CC(C)(C)CCCOC(=O)CCN1CCC(CCCC2CCN(CCC(=O)OCCC(C)(C)C)CC2)CC1. The smallest absolute Gasteiger partial charge is 0.307 e. The van der Waals surface area contributed by atoms with Crippen LogP contribution in [-0.4, -0.2) is 74.2 Å². The first-order chi connectivity index (χ1) is 17.9. The van der Waals surface area contributed by atoms with E-state index in [2.05, 4.69) is 51.3 Å². The maximum atomic E-state index is 12.0. The van der Waals surface area contributed by atoms with Gasteiger partial charge in [0.1, 0.15) is 0 Å². The van der Waals surface area contributed by atoms with Crippen LogP contribution in [0.2, 0.25) is 0 Å². The van der Waals surface area contributed by atoms with Crippen LogP contribution < -0.4 is 0 Å². The minimum Gasteiger partial charge on any atom is -0.466 e. The van der Waals surface area contributed by atoms with E-state index in [0.29, 0.717) is 31.5 Å². The van der Waals surface area contributed by atoms with Crippen LogP contribution in [0.4, 0.5) is 0 Å². The quantitative estimate of drug-likeness (QED) is 0.171. The van der Waals surface area contributed by atoms with E-state index in [9.17, 15) is 9.59 Å². The van der Waals surface area contributed by atoms with Crippen molar-refractivity contribution in [3.63, 3.8) is 0 Å². The zero-order chi connectivity index (χ0) is 28.0. The lowest BCUT2D eigenvalue weighted by atomic mass is 9.87. The molecule has 6 nitrogen and oxygen atoms in total. The second-order valence-electron chi connectivity index (χ2n) is 14.4. The second-order valence-corrected chi connectivity index (χ2v) is 14.4. The number of piperidine rings is 2. The predicted octanol–water partition coefficient (Wildman–Crippen LogP) is 6.71. The molecule has 0 aromatic heterocycles. The van der Waals surface area contributed by atoms with Crippen molar-refractivity contribution in [2.45, 2.75) is 119 Å². The summed E-state index contributed by atoms with van der Waals surface area (Å²) in [6, 6.07) is 0. The van der Waals surface area contributed by atoms with Crippen molar-refractivity contribution in [2.24, 2.45) is 22.7 Å². The highest BCUT2D eigenvalue weighted by molar-refractivity contribution is 5.69. The normalized spacial score (nSPS) is 19.0. The molecule has 2 rings (SSSR count). The summed E-state index contributed by atoms with van der Waals surface area (Å²) in [5.74, 6) is 1.61. The average molecular weight is 537 g/mol. The lowest BCUT2D eigenvalue weighted by Crippen LogP contribution is -2.36. The summed E-state index contributed by atoms with van der Waals surface area (Å²) >= 11 is 0. The van der Waals surface area contributed by atoms with Crippen LogP contribution in [0.3, 0.4) is 0 Å². The fourth-order valence-electron chi connectivity index (χ4n) is 5.60. The Morgan fingerprint density at radius 3 is 1.47 bits per heavy atom. The van der Waals surface area contributed by atoms with E-state index >= 15 is 0 Å². The molecule has 0 radical (unpaired) electrons. The molecular formula is C32H60N2O4. The fraction of sp³-hybridized carbons (Fsp3) is 0.938. The Kier molecular flexibility index (Phi) is 14.7. The molecule has 6 heteroatoms. The Hall–Kier alpha value is -1.14. The summed E-state index contributed by atoms with van der Waals surface area (Å²) in [7, 11) is 0. The molecule has 2 heterocycles. The summed E-state index contributed by atoms with van der Waals surface area (Å²) in [6.45, 7) is 20.5. The number of likely N-dealkylation sites (tertiary alicyclic amines) is 2. The molecule has 0 spiro atoms. The van der Waals surface area contributed by atoms with E-state index in [4.69, 9.17) is 9.47 Å². The number of rotatable bonds is 15. The van der Waals surface area contributed by atoms with Crippen LogP contribution in [0.25, 0.3) is 0 Å². The highest BCUT2D eigenvalue weighted by Crippen LogP contribution is 2.27. The van der Waals surface area contributed by atoms with Crippen molar-refractivity contribution in [1.82, 2.24) is 9.80 Å². The van der Waals surface area contributed by atoms with Crippen LogP contribution in [0.15, 0.2) is 0 Å². The van der Waals surface area contributed by atoms with Gasteiger partial charge < -0.3 is 19.3 Å². The third kappa shape index (κ3) is 16.1. The molecule has 0 amide bonds. The molecule has 2 aliphatic heterocycles. The molecule has 0 aromatic carbocycles. The molecule has 2 aliphatic rings. The van der Waals surface area contributed by atoms with Gasteiger partial charge in [0, 0.05) is 13.1 Å². The number of ether oxygens (including phenoxy) is 2. The van der Waals surface area contributed by atoms with Crippen LogP contribution in [0, 0.1) is 22.7 Å². The minimum atomic E-state index is -0.0473. The maximum Gasteiger partial charge on any atom is 0.307 e. The molecule has 0 bridgehead atoms. The van der Waals surface area contributed by atoms with Gasteiger partial charge in [-0.25, -0.2) is 0 Å². The molecule has 2 saturated heterocycles. The first-order valence-corrected chi connectivity index (χ1v) is 15.7. The number of carbonyl (C=O) groups excluding carboxylic acids is 2. The third-order valence-corrected chi connectivity index (χ3v) is 8.35. The van der Waals surface area contributed by atoms with Gasteiger partial charge in [-0.1, -0.05) is 60.8 Å². The van der Waals surface area contributed by atoms with Gasteiger partial charge in [0.25, 0.3) is 0 Å². The largest absolute Gasteiger partial charge is 0.466 e. The molecule has 222 valence electrons. The van der Waals surface area contributed by atoms with Crippen molar-refractivity contribution in [3.8, 4) is 0 Å². The van der Waals surface area contributed by atoms with Crippen LogP contribution in [0.5, 0.6) is 0 Å². The average Bonchev–Trinajstić information content (AvgIpc) is 2.84. The first kappa shape index (κ1) is 33.1. The van der Waals surface area contributed by atoms with Gasteiger partial charge in [-0.15, -0.1) is 0 Å². The van der Waals surface area contributed by atoms with E-state index in [1.54, 1.807) is 0 Å². The number of esters is 2. The third-order valence-electron chi connectivity index (χ3n) is 8.35. The topological polar surface area (TPSA) is 59.1 Å². The standard InChI is InChI=1S/C32H60N2O4/c1-31(2,3)17-8-25-37-29(35)15-23-33-19-11-27(12-20-33)9-7-10-28-13-21-34(22-14-28)24-16-30(36)38-26-18-32(4,5)6/h27-28H,7-26H2,1-6H3. The number of nitrogens with zero attached hydrogens (tertiary/aromatic N) is 2. The first-order valence-electron chi connectivity index (χ1n) is 15.7. The second kappa shape index (κ2) is 16.8. The van der Waals surface area contributed by atoms with Crippen molar-refractivity contribution in [3.05, 3.63) is 0 Å². The molecule has 0 aromatic rings. The van der Waals surface area contributed by atoms with Crippen LogP contribution in [0.1, 0.15) is 119 Å². The van der Waals surface area contributed by atoms with E-state index in [1.807, 2.05) is 0 Å². The molecule has 0 saturated carbocycles. The molecule has 0 aliphatic carbocycles. The summed E-state index contributed by atoms with van der Waals surface area (Å²) < 4.78 is 10.8. The van der Waals surface area contributed by atoms with Crippen molar-refractivity contribution in [2.75, 3.05) is 52.5 Å². The molecular weight excluding hydrogens is 476 g/mol. The fourth-order valence-corrected chi connectivity index (χ4v) is 5.60. The highest BCUT2D eigenvalue weighted by Gasteiger charge is 2.23. The zero-order valence-corrected chi connectivity index (χ0v) is 25.8. The minimum absolute atomic E-state index is 0.0388. The van der Waals surface area contributed by atoms with Gasteiger partial charge in [-0.2, -0.15) is 0 Å². The van der Waals surface area contributed by atoms with Gasteiger partial charge >= 0.3 is 11.9 Å². The van der Waals surface area contributed by atoms with Gasteiger partial charge in [0.2, 0.25) is 0 Å². The lowest BCUT2D eigenvalue weighted by molar-refractivity contribution is -0.145. The lowest BCUT2D eigenvalue weighted by Gasteiger charge is -2.33. The maximum absolute atomic E-state index is 12.0. The number of hydrogen-bond acceptors (Lipinski definition) is 6. The van der Waals surface area contributed by atoms with Crippen LogP contribution in [-0.2, 0) is 19.1 Å². The van der Waals surface area contributed by atoms with E-state index in [1.165, 1.54) is 44.9 Å². The number of carbonyl (C=O) groups is 2. The van der Waals surface area contributed by atoms with Crippen molar-refractivity contribution >= 4 is 11.9 Å². The summed E-state index contributed by atoms with van der Waals surface area (Å²) in [5.41, 5.74) is 0.515. The molecule has 38 heavy (non-hydrogen) atoms. The van der Waals surface area contributed by atoms with Crippen molar-refractivity contribution < 1.29 is 19.1 Å². The Bertz CT molecular complexity index is 666. The van der Waals surface area contributed by atoms with Gasteiger partial charge in [0.05, 0.1) is 26.1 Å². The van der Waals surface area contributed by atoms with E-state index in [0.717, 1.165) is 70.4 Å². The molecule has 0 atom stereocenters. The highest BCUT2D eigenvalue weighted by atomic mass is 16.5. The summed E-state index contributed by atoms with van der Waals surface area (Å²) in [5, 5.41) is 0. The molecule has 0 N–H and O–H groups in total. The predicted molar refractivity (Wildman–Crippen MR) is 156 cm³/mol. The Labute approximate surface area is 234 Å². The molecule has 2 fully saturated rings. The molecule has 0 unspecified atom stereocenters. The summed E-state index contributed by atoms with van der Waals surface area (Å²) in [4.78, 5) is 29.0. The Balaban J connectivity index is 1.45. The Morgan fingerprint density at radius 1 is 0.632 bits per heavy atom. The van der Waals surface area contributed by atoms with E-state index < -0.39 is 0 Å². The van der Waals surface area contributed by atoms with E-state index in [-0.39, 0.29) is 17.4 Å². The van der Waals surface area contributed by atoms with Gasteiger partial charge in [0.15, 0.2) is 0 Å².